The molecule has 164 valence electrons. The number of aryl methyl sites for hydroxylation is 1. The fourth-order valence-corrected chi connectivity index (χ4v) is 4.47. The van der Waals surface area contributed by atoms with Crippen molar-refractivity contribution in [2.45, 2.75) is 55.6 Å². The fraction of sp³-hybridized carbons (Fsp3) is 0.647. The van der Waals surface area contributed by atoms with Crippen LogP contribution in [0, 0.1) is 6.92 Å². The first kappa shape index (κ1) is 22.6. The third-order valence-electron chi connectivity index (χ3n) is 4.57. The zero-order valence-corrected chi connectivity index (χ0v) is 18.0. The van der Waals surface area contributed by atoms with Crippen molar-refractivity contribution < 1.29 is 44.5 Å². The van der Waals surface area contributed by atoms with Crippen molar-refractivity contribution in [2.75, 3.05) is 19.5 Å². The highest BCUT2D eigenvalue weighted by atomic mass is 32.2. The molecule has 1 aromatic rings. The lowest BCUT2D eigenvalue weighted by Gasteiger charge is -2.33. The summed E-state index contributed by atoms with van der Waals surface area (Å²) in [5.74, 6) is -1.03. The van der Waals surface area contributed by atoms with Crippen molar-refractivity contribution in [1.29, 1.82) is 0 Å². The lowest BCUT2D eigenvalue weighted by Crippen LogP contribution is -2.52. The van der Waals surface area contributed by atoms with Crippen LogP contribution >= 0.6 is 0 Å². The van der Waals surface area contributed by atoms with E-state index in [1.807, 2.05) is 0 Å². The quantitative estimate of drug-likeness (QED) is 0.575. The molecule has 2 aliphatic heterocycles. The second kappa shape index (κ2) is 7.54. The van der Waals surface area contributed by atoms with E-state index in [1.165, 1.54) is 12.1 Å². The smallest absolute Gasteiger partial charge is 0.297 e. The normalized spacial score (nSPS) is 31.7. The maximum atomic E-state index is 12.5. The number of rotatable bonds is 7. The molecule has 1 N–H and O–H groups in total. The van der Waals surface area contributed by atoms with Crippen LogP contribution in [0.2, 0.25) is 0 Å². The molecule has 0 unspecified atom stereocenters. The van der Waals surface area contributed by atoms with E-state index in [0.29, 0.717) is 0 Å². The van der Waals surface area contributed by atoms with Crippen molar-refractivity contribution in [3.8, 4) is 0 Å². The van der Waals surface area contributed by atoms with Gasteiger partial charge in [0, 0.05) is 0 Å². The largest absolute Gasteiger partial charge is 0.387 e. The fourth-order valence-electron chi connectivity index (χ4n) is 3.10. The van der Waals surface area contributed by atoms with Gasteiger partial charge in [0.05, 0.1) is 11.2 Å². The first-order valence-electron chi connectivity index (χ1n) is 8.75. The van der Waals surface area contributed by atoms with E-state index < -0.39 is 63.3 Å². The average Bonchev–Trinajstić information content (AvgIpc) is 3.02. The highest BCUT2D eigenvalue weighted by molar-refractivity contribution is 7.86. The van der Waals surface area contributed by atoms with Gasteiger partial charge in [-0.1, -0.05) is 17.7 Å². The van der Waals surface area contributed by atoms with Crippen LogP contribution in [0.4, 0.5) is 0 Å². The number of fused-ring (bicyclic) bond motifs is 1. The molecular weight excluding hydrogens is 428 g/mol. The summed E-state index contributed by atoms with van der Waals surface area (Å²) in [6.07, 6.45) is -2.67. The zero-order chi connectivity index (χ0) is 21.7. The first-order chi connectivity index (χ1) is 13.2. The number of hydrogen-bond acceptors (Lipinski definition) is 10. The van der Waals surface area contributed by atoms with Gasteiger partial charge >= 0.3 is 0 Å². The molecule has 0 bridgehead atoms. The summed E-state index contributed by atoms with van der Waals surface area (Å²) in [7, 11) is -8.11. The van der Waals surface area contributed by atoms with Gasteiger partial charge in [0.25, 0.3) is 20.2 Å². The Morgan fingerprint density at radius 1 is 1.00 bits per heavy atom. The minimum absolute atomic E-state index is 0.0939. The SMILES string of the molecule is Cc1ccc(S(=O)(=O)OC[C@]2(COS(C)(=O)=O)O[C@@H]3OC(C)(C)O[C@@H]3[C@H]2O)cc1. The third kappa shape index (κ3) is 4.97. The average molecular weight is 453 g/mol. The molecule has 0 amide bonds. The highest BCUT2D eigenvalue weighted by Gasteiger charge is 2.62. The van der Waals surface area contributed by atoms with Gasteiger partial charge in [-0.25, -0.2) is 0 Å². The molecule has 0 saturated carbocycles. The molecule has 10 nitrogen and oxygen atoms in total. The van der Waals surface area contributed by atoms with Crippen LogP contribution in [0.1, 0.15) is 19.4 Å². The van der Waals surface area contributed by atoms with E-state index in [4.69, 9.17) is 22.6 Å². The van der Waals surface area contributed by atoms with Crippen LogP contribution in [0.25, 0.3) is 0 Å². The monoisotopic (exact) mass is 452 g/mol. The second-order valence-corrected chi connectivity index (χ2v) is 10.9. The maximum absolute atomic E-state index is 12.5. The van der Waals surface area contributed by atoms with Crippen molar-refractivity contribution >= 4 is 20.2 Å². The summed E-state index contributed by atoms with van der Waals surface area (Å²) < 4.78 is 74.7. The van der Waals surface area contributed by atoms with E-state index >= 15 is 0 Å². The van der Waals surface area contributed by atoms with Crippen LogP contribution < -0.4 is 0 Å². The Labute approximate surface area is 169 Å². The van der Waals surface area contributed by atoms with Gasteiger partial charge in [-0.05, 0) is 32.9 Å². The van der Waals surface area contributed by atoms with Gasteiger partial charge in [-0.3, -0.25) is 8.37 Å². The molecular formula is C17H24O10S2. The van der Waals surface area contributed by atoms with E-state index in [0.717, 1.165) is 11.8 Å². The Bertz CT molecular complexity index is 954. The topological polar surface area (TPSA) is 135 Å². The third-order valence-corrected chi connectivity index (χ3v) is 6.40. The Balaban J connectivity index is 1.82. The Kier molecular flexibility index (Phi) is 5.86. The summed E-state index contributed by atoms with van der Waals surface area (Å²) in [5.41, 5.74) is -0.978. The van der Waals surface area contributed by atoms with Gasteiger partial charge in [-0.15, -0.1) is 0 Å². The van der Waals surface area contributed by atoms with E-state index in [2.05, 4.69) is 0 Å². The number of hydrogen-bond donors (Lipinski definition) is 1. The summed E-state index contributed by atoms with van der Waals surface area (Å²) in [6.45, 7) is 3.65. The van der Waals surface area contributed by atoms with Crippen molar-refractivity contribution in [2.24, 2.45) is 0 Å². The molecule has 29 heavy (non-hydrogen) atoms. The number of benzene rings is 1. The van der Waals surface area contributed by atoms with Gasteiger partial charge in [0.2, 0.25) is 0 Å². The van der Waals surface area contributed by atoms with Crippen molar-refractivity contribution in [3.63, 3.8) is 0 Å². The first-order valence-corrected chi connectivity index (χ1v) is 12.0. The highest BCUT2D eigenvalue weighted by Crippen LogP contribution is 2.43. The molecule has 2 saturated heterocycles. The lowest BCUT2D eigenvalue weighted by molar-refractivity contribution is -0.249. The van der Waals surface area contributed by atoms with Crippen LogP contribution in [-0.4, -0.2) is 71.3 Å². The minimum atomic E-state index is -4.20. The van der Waals surface area contributed by atoms with Gasteiger partial charge in [-0.2, -0.15) is 16.8 Å². The van der Waals surface area contributed by atoms with Gasteiger partial charge in [0.15, 0.2) is 12.1 Å². The Morgan fingerprint density at radius 2 is 1.59 bits per heavy atom. The molecule has 2 fully saturated rings. The van der Waals surface area contributed by atoms with Crippen molar-refractivity contribution in [3.05, 3.63) is 29.8 Å². The number of ether oxygens (including phenoxy) is 3. The lowest BCUT2D eigenvalue weighted by atomic mass is 9.97. The predicted molar refractivity (Wildman–Crippen MR) is 98.8 cm³/mol. The summed E-state index contributed by atoms with van der Waals surface area (Å²) >= 11 is 0. The molecule has 2 heterocycles. The van der Waals surface area contributed by atoms with Gasteiger partial charge < -0.3 is 19.3 Å². The van der Waals surface area contributed by atoms with E-state index in [9.17, 15) is 21.9 Å². The summed E-state index contributed by atoms with van der Waals surface area (Å²) in [4.78, 5) is -0.0939. The van der Waals surface area contributed by atoms with Crippen LogP contribution in [0.3, 0.4) is 0 Å². The van der Waals surface area contributed by atoms with E-state index in [1.54, 1.807) is 32.9 Å². The summed E-state index contributed by atoms with van der Waals surface area (Å²) in [6, 6.07) is 5.96. The summed E-state index contributed by atoms with van der Waals surface area (Å²) in [5, 5.41) is 10.8. The second-order valence-electron chi connectivity index (χ2n) is 7.59. The van der Waals surface area contributed by atoms with Crippen molar-refractivity contribution in [1.82, 2.24) is 0 Å². The number of aliphatic hydroxyl groups excluding tert-OH is 1. The molecule has 0 radical (unpaired) electrons. The molecule has 0 spiro atoms. The molecule has 3 rings (SSSR count). The molecule has 0 aliphatic carbocycles. The van der Waals surface area contributed by atoms with Crippen LogP contribution in [-0.2, 0) is 42.8 Å². The van der Waals surface area contributed by atoms with E-state index in [-0.39, 0.29) is 4.90 Å². The molecule has 4 atom stereocenters. The Morgan fingerprint density at radius 3 is 2.14 bits per heavy atom. The molecule has 0 aromatic heterocycles. The zero-order valence-electron chi connectivity index (χ0n) is 16.4. The molecule has 1 aromatic carbocycles. The van der Waals surface area contributed by atoms with Crippen LogP contribution in [0.5, 0.6) is 0 Å². The van der Waals surface area contributed by atoms with Gasteiger partial charge in [0.1, 0.15) is 31.0 Å². The Hall–Kier alpha value is -1.12. The van der Waals surface area contributed by atoms with Crippen LogP contribution in [0.15, 0.2) is 29.2 Å². The molecule has 12 heteroatoms. The molecule has 2 aliphatic rings. The minimum Gasteiger partial charge on any atom is -0.387 e. The standard InChI is InChI=1S/C17H24O10S2/c1-11-5-7-12(8-6-11)29(21,22)24-10-17(9-23-28(4,19)20)14(18)13-15(27-17)26-16(2,3)25-13/h5-8,13-15,18H,9-10H2,1-4H3/t13-,14-,15+,17+/m1/s1. The predicted octanol–water partition coefficient (Wildman–Crippen LogP) is 0.284. The maximum Gasteiger partial charge on any atom is 0.297 e. The number of aliphatic hydroxyl groups is 1.